The Hall–Kier alpha value is -2.50. The predicted molar refractivity (Wildman–Crippen MR) is 113 cm³/mol. The normalized spacial score (nSPS) is 11.3. The molecule has 2 aromatic rings. The van der Waals surface area contributed by atoms with Crippen LogP contribution in [0.25, 0.3) is 0 Å². The Kier molecular flexibility index (Phi) is 8.11. The lowest BCUT2D eigenvalue weighted by atomic mass is 10.1. The van der Waals surface area contributed by atoms with Crippen LogP contribution in [-0.4, -0.2) is 24.9 Å². The van der Waals surface area contributed by atoms with E-state index in [4.69, 9.17) is 8.83 Å². The van der Waals surface area contributed by atoms with Gasteiger partial charge in [0.2, 0.25) is 0 Å². The summed E-state index contributed by atoms with van der Waals surface area (Å²) in [6.07, 6.45) is 2.27. The highest BCUT2D eigenvalue weighted by atomic mass is 16.3. The fraction of sp³-hybridized carbons (Fsp3) is 0.565. The Morgan fingerprint density at radius 3 is 1.52 bits per heavy atom. The number of amides is 2. The van der Waals surface area contributed by atoms with E-state index < -0.39 is 0 Å². The fourth-order valence-electron chi connectivity index (χ4n) is 3.23. The van der Waals surface area contributed by atoms with Gasteiger partial charge in [-0.05, 0) is 44.2 Å². The van der Waals surface area contributed by atoms with E-state index in [9.17, 15) is 9.59 Å². The number of rotatable bonds is 10. The van der Waals surface area contributed by atoms with Crippen LogP contribution in [0.2, 0.25) is 0 Å². The molecule has 0 aliphatic heterocycles. The van der Waals surface area contributed by atoms with E-state index in [1.165, 1.54) is 0 Å². The molecule has 6 heteroatoms. The summed E-state index contributed by atoms with van der Waals surface area (Å²) in [5.74, 6) is 3.61. The van der Waals surface area contributed by atoms with Gasteiger partial charge in [-0.25, -0.2) is 0 Å². The second-order valence-electron chi connectivity index (χ2n) is 8.43. The number of aryl methyl sites for hydroxylation is 2. The van der Waals surface area contributed by atoms with Crippen LogP contribution in [0.3, 0.4) is 0 Å². The lowest BCUT2D eigenvalue weighted by molar-refractivity contribution is 0.0950. The Morgan fingerprint density at radius 2 is 1.17 bits per heavy atom. The van der Waals surface area contributed by atoms with Gasteiger partial charge in [0.1, 0.15) is 23.0 Å². The van der Waals surface area contributed by atoms with Crippen LogP contribution in [0.4, 0.5) is 0 Å². The third kappa shape index (κ3) is 6.80. The van der Waals surface area contributed by atoms with Crippen LogP contribution in [0.1, 0.15) is 77.9 Å². The van der Waals surface area contributed by atoms with Crippen molar-refractivity contribution in [2.45, 2.75) is 60.8 Å². The molecule has 2 N–H and O–H groups in total. The average molecular weight is 403 g/mol. The van der Waals surface area contributed by atoms with Crippen molar-refractivity contribution in [1.29, 1.82) is 0 Å². The van der Waals surface area contributed by atoms with Crippen molar-refractivity contribution in [3.05, 3.63) is 46.3 Å². The first kappa shape index (κ1) is 22.8. The van der Waals surface area contributed by atoms with Gasteiger partial charge in [0, 0.05) is 25.9 Å². The summed E-state index contributed by atoms with van der Waals surface area (Å²) in [4.78, 5) is 24.7. The zero-order valence-electron chi connectivity index (χ0n) is 18.5. The number of carbonyl (C=O) groups excluding carboxylic acids is 2. The molecule has 2 amide bonds. The van der Waals surface area contributed by atoms with Crippen molar-refractivity contribution in [2.75, 3.05) is 13.1 Å². The SMILES string of the molecule is Cc1oc(CC(C)C)cc1C(=O)NCCCNC(=O)c1cc(CC(C)C)oc1C. The molecule has 0 radical (unpaired) electrons. The minimum atomic E-state index is -0.142. The number of hydrogen-bond donors (Lipinski definition) is 2. The minimum absolute atomic E-state index is 0.142. The summed E-state index contributed by atoms with van der Waals surface area (Å²) in [5.41, 5.74) is 1.16. The summed E-state index contributed by atoms with van der Waals surface area (Å²) in [5, 5.41) is 5.78. The fourth-order valence-corrected chi connectivity index (χ4v) is 3.23. The van der Waals surface area contributed by atoms with Gasteiger partial charge in [0.05, 0.1) is 11.1 Å². The molecule has 29 heavy (non-hydrogen) atoms. The zero-order chi connectivity index (χ0) is 21.6. The van der Waals surface area contributed by atoms with E-state index in [1.807, 2.05) is 12.1 Å². The number of nitrogens with one attached hydrogen (secondary N) is 2. The average Bonchev–Trinajstić information content (AvgIpc) is 3.15. The van der Waals surface area contributed by atoms with E-state index in [-0.39, 0.29) is 11.8 Å². The van der Waals surface area contributed by atoms with Gasteiger partial charge < -0.3 is 19.5 Å². The first-order valence-electron chi connectivity index (χ1n) is 10.4. The maximum atomic E-state index is 12.3. The van der Waals surface area contributed by atoms with E-state index in [2.05, 4.69) is 38.3 Å². The van der Waals surface area contributed by atoms with Gasteiger partial charge in [0.15, 0.2) is 0 Å². The van der Waals surface area contributed by atoms with E-state index in [0.717, 1.165) is 24.4 Å². The molecule has 0 saturated heterocycles. The van der Waals surface area contributed by atoms with Crippen molar-refractivity contribution in [2.24, 2.45) is 11.8 Å². The highest BCUT2D eigenvalue weighted by Crippen LogP contribution is 2.18. The first-order valence-corrected chi connectivity index (χ1v) is 10.4. The van der Waals surface area contributed by atoms with Crippen molar-refractivity contribution in [3.8, 4) is 0 Å². The molecule has 0 aliphatic carbocycles. The summed E-state index contributed by atoms with van der Waals surface area (Å²) in [7, 11) is 0. The van der Waals surface area contributed by atoms with Crippen molar-refractivity contribution in [3.63, 3.8) is 0 Å². The van der Waals surface area contributed by atoms with Crippen molar-refractivity contribution in [1.82, 2.24) is 10.6 Å². The molecule has 0 fully saturated rings. The van der Waals surface area contributed by atoms with Crippen LogP contribution in [0, 0.1) is 25.7 Å². The molecular weight excluding hydrogens is 368 g/mol. The summed E-state index contributed by atoms with van der Waals surface area (Å²) < 4.78 is 11.3. The molecule has 2 aromatic heterocycles. The Morgan fingerprint density at radius 1 is 0.793 bits per heavy atom. The zero-order valence-corrected chi connectivity index (χ0v) is 18.5. The molecular formula is C23H34N2O4. The predicted octanol–water partition coefficient (Wildman–Crippen LogP) is 4.44. The molecule has 160 valence electrons. The number of furan rings is 2. The Labute approximate surface area is 173 Å². The van der Waals surface area contributed by atoms with Crippen molar-refractivity contribution >= 4 is 11.8 Å². The maximum Gasteiger partial charge on any atom is 0.254 e. The molecule has 0 saturated carbocycles. The van der Waals surface area contributed by atoms with E-state index >= 15 is 0 Å². The standard InChI is InChI=1S/C23H34N2O4/c1-14(2)10-18-12-20(16(5)28-18)22(26)24-8-7-9-25-23(27)21-13-19(11-15(3)4)29-17(21)6/h12-15H,7-11H2,1-6H3,(H,24,26)(H,25,27). The van der Waals surface area contributed by atoms with Gasteiger partial charge in [-0.2, -0.15) is 0 Å². The summed E-state index contributed by atoms with van der Waals surface area (Å²) in [6.45, 7) is 13.0. The van der Waals surface area contributed by atoms with Crippen LogP contribution in [-0.2, 0) is 12.8 Å². The molecule has 0 aromatic carbocycles. The van der Waals surface area contributed by atoms with Crippen LogP contribution < -0.4 is 10.6 Å². The van der Waals surface area contributed by atoms with Crippen LogP contribution in [0.15, 0.2) is 21.0 Å². The molecule has 2 heterocycles. The quantitative estimate of drug-likeness (QED) is 0.576. The topological polar surface area (TPSA) is 84.5 Å². The van der Waals surface area contributed by atoms with Gasteiger partial charge in [-0.3, -0.25) is 9.59 Å². The molecule has 0 spiro atoms. The third-order valence-corrected chi connectivity index (χ3v) is 4.57. The smallest absolute Gasteiger partial charge is 0.254 e. The molecule has 6 nitrogen and oxygen atoms in total. The molecule has 2 rings (SSSR count). The van der Waals surface area contributed by atoms with Crippen molar-refractivity contribution < 1.29 is 18.4 Å². The lowest BCUT2D eigenvalue weighted by Gasteiger charge is -2.06. The summed E-state index contributed by atoms with van der Waals surface area (Å²) >= 11 is 0. The number of carbonyl (C=O) groups is 2. The summed E-state index contributed by atoms with van der Waals surface area (Å²) in [6, 6.07) is 3.64. The third-order valence-electron chi connectivity index (χ3n) is 4.57. The Bertz CT molecular complexity index is 762. The molecule has 0 atom stereocenters. The van der Waals surface area contributed by atoms with Gasteiger partial charge in [0.25, 0.3) is 11.8 Å². The van der Waals surface area contributed by atoms with Crippen LogP contribution in [0.5, 0.6) is 0 Å². The van der Waals surface area contributed by atoms with Gasteiger partial charge in [-0.1, -0.05) is 27.7 Å². The largest absolute Gasteiger partial charge is 0.466 e. The molecule has 0 unspecified atom stereocenters. The maximum absolute atomic E-state index is 12.3. The monoisotopic (exact) mass is 402 g/mol. The molecule has 0 aliphatic rings. The van der Waals surface area contributed by atoms with Gasteiger partial charge >= 0.3 is 0 Å². The first-order chi connectivity index (χ1) is 13.7. The Balaban J connectivity index is 1.75. The second-order valence-corrected chi connectivity index (χ2v) is 8.43. The van der Waals surface area contributed by atoms with E-state index in [0.29, 0.717) is 54.0 Å². The molecule has 0 bridgehead atoms. The highest BCUT2D eigenvalue weighted by molar-refractivity contribution is 5.95. The van der Waals surface area contributed by atoms with E-state index in [1.54, 1.807) is 13.8 Å². The minimum Gasteiger partial charge on any atom is -0.466 e. The lowest BCUT2D eigenvalue weighted by Crippen LogP contribution is -2.30. The van der Waals surface area contributed by atoms with Crippen LogP contribution >= 0.6 is 0 Å². The van der Waals surface area contributed by atoms with Gasteiger partial charge in [-0.15, -0.1) is 0 Å². The second kappa shape index (κ2) is 10.3. The highest BCUT2D eigenvalue weighted by Gasteiger charge is 2.17. The number of hydrogen-bond acceptors (Lipinski definition) is 4.